The Morgan fingerprint density at radius 1 is 1.45 bits per heavy atom. The third-order valence-electron chi connectivity index (χ3n) is 4.16. The number of fused-ring (bicyclic) bond motifs is 1. The summed E-state index contributed by atoms with van der Waals surface area (Å²) < 4.78 is 14.7. The van der Waals surface area contributed by atoms with E-state index in [4.69, 9.17) is 5.11 Å². The van der Waals surface area contributed by atoms with Crippen molar-refractivity contribution in [1.29, 1.82) is 0 Å². The summed E-state index contributed by atoms with van der Waals surface area (Å²) in [4.78, 5) is 24.4. The summed E-state index contributed by atoms with van der Waals surface area (Å²) in [5.74, 6) is -1.55. The van der Waals surface area contributed by atoms with Crippen molar-refractivity contribution in [2.45, 2.75) is 38.0 Å². The van der Waals surface area contributed by atoms with E-state index in [0.717, 1.165) is 17.7 Å². The van der Waals surface area contributed by atoms with E-state index in [1.807, 2.05) is 0 Å². The molecule has 106 valence electrons. The quantitative estimate of drug-likeness (QED) is 0.923. The molecule has 1 fully saturated rings. The van der Waals surface area contributed by atoms with Gasteiger partial charge in [-0.15, -0.1) is 0 Å². The Labute approximate surface area is 116 Å². The average Bonchev–Trinajstić information content (AvgIpc) is 3.15. The van der Waals surface area contributed by atoms with Crippen molar-refractivity contribution in [3.05, 3.63) is 29.1 Å². The number of halogens is 1. The van der Waals surface area contributed by atoms with Crippen LogP contribution in [0.2, 0.25) is 0 Å². The maximum Gasteiger partial charge on any atom is 0.323 e. The first-order chi connectivity index (χ1) is 9.34. The van der Waals surface area contributed by atoms with Crippen LogP contribution in [-0.4, -0.2) is 23.5 Å². The minimum absolute atomic E-state index is 0.250. The molecule has 1 aliphatic carbocycles. The summed E-state index contributed by atoms with van der Waals surface area (Å²) in [5.41, 5.74) is 0.374. The van der Waals surface area contributed by atoms with Crippen LogP contribution >= 0.6 is 0 Å². The van der Waals surface area contributed by atoms with Gasteiger partial charge in [0.25, 0.3) is 0 Å². The molecule has 1 aliphatic heterocycles. The predicted molar refractivity (Wildman–Crippen MR) is 71.4 cm³/mol. The number of nitrogens with zero attached hydrogens (tertiary/aromatic N) is 1. The highest BCUT2D eigenvalue weighted by Gasteiger charge is 2.47. The van der Waals surface area contributed by atoms with Crippen molar-refractivity contribution in [3.63, 3.8) is 0 Å². The molecule has 1 aromatic rings. The first-order valence-corrected chi connectivity index (χ1v) is 6.70. The lowest BCUT2D eigenvalue weighted by atomic mass is 9.84. The zero-order valence-corrected chi connectivity index (χ0v) is 11.4. The number of aliphatic carboxylic acids is 1. The van der Waals surface area contributed by atoms with Gasteiger partial charge in [-0.05, 0) is 44.2 Å². The molecule has 0 unspecified atom stereocenters. The van der Waals surface area contributed by atoms with E-state index in [0.29, 0.717) is 16.8 Å². The van der Waals surface area contributed by atoms with Gasteiger partial charge < -0.3 is 10.0 Å². The smallest absolute Gasteiger partial charge is 0.323 e. The number of carboxylic acids is 1. The number of hydrogen-bond acceptors (Lipinski definition) is 2. The molecule has 0 spiro atoms. The molecule has 20 heavy (non-hydrogen) atoms. The lowest BCUT2D eigenvalue weighted by Gasteiger charge is -2.18. The molecule has 1 amide bonds. The van der Waals surface area contributed by atoms with E-state index in [-0.39, 0.29) is 17.6 Å². The largest absolute Gasteiger partial charge is 0.480 e. The van der Waals surface area contributed by atoms with Crippen molar-refractivity contribution in [3.8, 4) is 0 Å². The van der Waals surface area contributed by atoms with Crippen LogP contribution in [-0.2, 0) is 15.0 Å². The van der Waals surface area contributed by atoms with Crippen molar-refractivity contribution in [2.24, 2.45) is 0 Å². The van der Waals surface area contributed by atoms with E-state index >= 15 is 0 Å². The molecule has 1 heterocycles. The predicted octanol–water partition coefficient (Wildman–Crippen LogP) is 2.41. The summed E-state index contributed by atoms with van der Waals surface area (Å²) >= 11 is 0. The zero-order chi connectivity index (χ0) is 14.7. The molecule has 0 saturated heterocycles. The monoisotopic (exact) mass is 277 g/mol. The van der Waals surface area contributed by atoms with Crippen LogP contribution in [0.15, 0.2) is 12.1 Å². The molecular weight excluding hydrogens is 261 g/mol. The molecule has 0 bridgehead atoms. The molecule has 1 aromatic carbocycles. The SMILES string of the molecule is CC1(C)C(=O)N(CC(=O)O)c2ccc(C3CC3)c(F)c21. The van der Waals surface area contributed by atoms with Gasteiger partial charge in [0.05, 0.1) is 11.1 Å². The zero-order valence-electron chi connectivity index (χ0n) is 11.4. The third kappa shape index (κ3) is 1.72. The molecule has 1 N–H and O–H groups in total. The first kappa shape index (κ1) is 13.1. The lowest BCUT2D eigenvalue weighted by Crippen LogP contribution is -2.39. The average molecular weight is 277 g/mol. The second-order valence-corrected chi connectivity index (χ2v) is 6.05. The van der Waals surface area contributed by atoms with Gasteiger partial charge in [-0.1, -0.05) is 6.07 Å². The maximum atomic E-state index is 14.7. The van der Waals surface area contributed by atoms with E-state index < -0.39 is 17.9 Å². The fourth-order valence-corrected chi connectivity index (χ4v) is 2.96. The maximum absolute atomic E-state index is 14.7. The summed E-state index contributed by atoms with van der Waals surface area (Å²) in [6.45, 7) is 2.86. The minimum Gasteiger partial charge on any atom is -0.480 e. The number of carboxylic acid groups (broad SMARTS) is 1. The van der Waals surface area contributed by atoms with E-state index in [9.17, 15) is 14.0 Å². The number of carbonyl (C=O) groups excluding carboxylic acids is 1. The van der Waals surface area contributed by atoms with Gasteiger partial charge in [-0.25, -0.2) is 4.39 Å². The Morgan fingerprint density at radius 3 is 2.65 bits per heavy atom. The molecule has 4 nitrogen and oxygen atoms in total. The third-order valence-corrected chi connectivity index (χ3v) is 4.16. The molecule has 3 rings (SSSR count). The number of benzene rings is 1. The van der Waals surface area contributed by atoms with Crippen LogP contribution in [0.3, 0.4) is 0 Å². The van der Waals surface area contributed by atoms with Crippen molar-refractivity contribution < 1.29 is 19.1 Å². The standard InChI is InChI=1S/C15H16FNO3/c1-15(2)12-10(17(14(15)20)7-11(18)19)6-5-9(13(12)16)8-3-4-8/h5-6,8H,3-4,7H2,1-2H3,(H,18,19). The van der Waals surface area contributed by atoms with Crippen molar-refractivity contribution in [1.82, 2.24) is 0 Å². The first-order valence-electron chi connectivity index (χ1n) is 6.70. The van der Waals surface area contributed by atoms with Crippen LogP contribution in [0.4, 0.5) is 10.1 Å². The van der Waals surface area contributed by atoms with Crippen LogP contribution in [0.1, 0.15) is 43.7 Å². The van der Waals surface area contributed by atoms with E-state index in [1.165, 1.54) is 0 Å². The van der Waals surface area contributed by atoms with Gasteiger partial charge in [-0.3, -0.25) is 9.59 Å². The second-order valence-electron chi connectivity index (χ2n) is 6.05. The number of carbonyl (C=O) groups is 2. The Balaban J connectivity index is 2.15. The summed E-state index contributed by atoms with van der Waals surface area (Å²) in [5, 5.41) is 8.92. The number of amides is 1. The summed E-state index contributed by atoms with van der Waals surface area (Å²) in [7, 11) is 0. The second kappa shape index (κ2) is 4.04. The van der Waals surface area contributed by atoms with Gasteiger partial charge in [-0.2, -0.15) is 0 Å². The fourth-order valence-electron chi connectivity index (χ4n) is 2.96. The van der Waals surface area contributed by atoms with Crippen LogP contribution in [0, 0.1) is 5.82 Å². The normalized spacial score (nSPS) is 20.1. The van der Waals surface area contributed by atoms with E-state index in [2.05, 4.69) is 0 Å². The molecule has 1 saturated carbocycles. The fraction of sp³-hybridized carbons (Fsp3) is 0.467. The van der Waals surface area contributed by atoms with Crippen LogP contribution in [0.5, 0.6) is 0 Å². The molecule has 0 atom stereocenters. The number of anilines is 1. The van der Waals surface area contributed by atoms with Gasteiger partial charge in [0, 0.05) is 5.56 Å². The number of hydrogen-bond donors (Lipinski definition) is 1. The Kier molecular flexibility index (Phi) is 2.64. The minimum atomic E-state index is -1.10. The molecule has 0 radical (unpaired) electrons. The highest BCUT2D eigenvalue weighted by Crippen LogP contribution is 2.48. The summed E-state index contributed by atoms with van der Waals surface area (Å²) in [6, 6.07) is 3.37. The van der Waals surface area contributed by atoms with Crippen molar-refractivity contribution >= 4 is 17.6 Å². The highest BCUT2D eigenvalue weighted by atomic mass is 19.1. The van der Waals surface area contributed by atoms with Crippen LogP contribution < -0.4 is 4.90 Å². The Hall–Kier alpha value is -1.91. The topological polar surface area (TPSA) is 57.6 Å². The molecule has 0 aromatic heterocycles. The molecule has 2 aliphatic rings. The van der Waals surface area contributed by atoms with Gasteiger partial charge >= 0.3 is 5.97 Å². The van der Waals surface area contributed by atoms with Gasteiger partial charge in [0.15, 0.2) is 0 Å². The highest BCUT2D eigenvalue weighted by molar-refractivity contribution is 6.09. The summed E-state index contributed by atoms with van der Waals surface area (Å²) in [6.07, 6.45) is 1.95. The lowest BCUT2D eigenvalue weighted by molar-refractivity contribution is -0.137. The van der Waals surface area contributed by atoms with E-state index in [1.54, 1.807) is 26.0 Å². The van der Waals surface area contributed by atoms with Gasteiger partial charge in [0.1, 0.15) is 12.4 Å². The van der Waals surface area contributed by atoms with Crippen molar-refractivity contribution in [2.75, 3.05) is 11.4 Å². The Bertz CT molecular complexity index is 620. The molecular formula is C15H16FNO3. The number of rotatable bonds is 3. The van der Waals surface area contributed by atoms with Crippen LogP contribution in [0.25, 0.3) is 0 Å². The molecule has 5 heteroatoms. The Morgan fingerprint density at radius 2 is 2.10 bits per heavy atom. The van der Waals surface area contributed by atoms with Gasteiger partial charge in [0.2, 0.25) is 5.91 Å².